The summed E-state index contributed by atoms with van der Waals surface area (Å²) in [5.74, 6) is -0.0589. The van der Waals surface area contributed by atoms with E-state index in [-0.39, 0.29) is 5.91 Å². The second-order valence-electron chi connectivity index (χ2n) is 7.75. The number of nitrogens with zero attached hydrogens (tertiary/aromatic N) is 4. The van der Waals surface area contributed by atoms with Crippen molar-refractivity contribution >= 4 is 5.91 Å². The van der Waals surface area contributed by atoms with Crippen LogP contribution >= 0.6 is 0 Å². The minimum atomic E-state index is -0.0589. The number of H-pyrrole nitrogens is 1. The third-order valence-electron chi connectivity index (χ3n) is 5.82. The van der Waals surface area contributed by atoms with E-state index in [0.717, 1.165) is 18.7 Å². The van der Waals surface area contributed by atoms with Crippen molar-refractivity contribution in [2.24, 2.45) is 0 Å². The second kappa shape index (κ2) is 8.17. The lowest BCUT2D eigenvalue weighted by Gasteiger charge is -2.38. The number of aryl methyl sites for hydroxylation is 2. The van der Waals surface area contributed by atoms with Gasteiger partial charge in [-0.2, -0.15) is 15.4 Å². The van der Waals surface area contributed by atoms with E-state index < -0.39 is 0 Å². The van der Waals surface area contributed by atoms with Crippen molar-refractivity contribution < 1.29 is 4.79 Å². The Morgan fingerprint density at radius 3 is 2.41 bits per heavy atom. The summed E-state index contributed by atoms with van der Waals surface area (Å²) in [6.07, 6.45) is 0. The normalized spacial score (nSPS) is 16.0. The molecule has 2 heterocycles. The molecule has 0 spiro atoms. The number of nitrogens with one attached hydrogen (secondary N) is 1. The highest BCUT2D eigenvalue weighted by molar-refractivity contribution is 5.97. The molecule has 0 radical (unpaired) electrons. The maximum atomic E-state index is 13.1. The third-order valence-corrected chi connectivity index (χ3v) is 5.82. The quantitative estimate of drug-likeness (QED) is 0.740. The van der Waals surface area contributed by atoms with Crippen molar-refractivity contribution in [3.63, 3.8) is 0 Å². The van der Waals surface area contributed by atoms with Gasteiger partial charge in [0.15, 0.2) is 5.69 Å². The lowest BCUT2D eigenvalue weighted by Crippen LogP contribution is -2.49. The number of benzene rings is 2. The number of carbonyl (C=O) groups is 1. The van der Waals surface area contributed by atoms with Crippen molar-refractivity contribution in [2.75, 3.05) is 26.2 Å². The van der Waals surface area contributed by atoms with Gasteiger partial charge in [0.25, 0.3) is 5.91 Å². The van der Waals surface area contributed by atoms with Crippen LogP contribution in [0.25, 0.3) is 11.3 Å². The van der Waals surface area contributed by atoms with Crippen LogP contribution in [-0.2, 0) is 0 Å². The number of hydrogen-bond acceptors (Lipinski definition) is 4. The van der Waals surface area contributed by atoms with Crippen LogP contribution in [0.4, 0.5) is 0 Å². The van der Waals surface area contributed by atoms with E-state index in [9.17, 15) is 4.79 Å². The zero-order valence-electron chi connectivity index (χ0n) is 17.2. The number of hydrogen-bond donors (Lipinski definition) is 1. The first-order chi connectivity index (χ1) is 14.0. The molecule has 6 nitrogen and oxygen atoms in total. The van der Waals surface area contributed by atoms with Gasteiger partial charge in [-0.15, -0.1) is 0 Å². The van der Waals surface area contributed by atoms with Gasteiger partial charge in [-0.1, -0.05) is 54.1 Å². The van der Waals surface area contributed by atoms with Gasteiger partial charge >= 0.3 is 0 Å². The highest BCUT2D eigenvalue weighted by atomic mass is 16.2. The van der Waals surface area contributed by atoms with Crippen molar-refractivity contribution in [3.8, 4) is 11.3 Å². The highest BCUT2D eigenvalue weighted by Crippen LogP contribution is 2.26. The molecule has 29 heavy (non-hydrogen) atoms. The summed E-state index contributed by atoms with van der Waals surface area (Å²) < 4.78 is 0. The number of amides is 1. The van der Waals surface area contributed by atoms with Crippen LogP contribution in [0.5, 0.6) is 0 Å². The Labute approximate surface area is 171 Å². The summed E-state index contributed by atoms with van der Waals surface area (Å²) in [7, 11) is 0. The minimum absolute atomic E-state index is 0.0589. The van der Waals surface area contributed by atoms with E-state index in [1.807, 2.05) is 35.2 Å². The van der Waals surface area contributed by atoms with Crippen molar-refractivity contribution in [2.45, 2.75) is 26.8 Å². The third kappa shape index (κ3) is 3.93. The van der Waals surface area contributed by atoms with Crippen LogP contribution in [0.15, 0.2) is 48.5 Å². The molecule has 1 fully saturated rings. The zero-order chi connectivity index (χ0) is 20.4. The molecular formula is C23H27N5O. The molecule has 0 aliphatic carbocycles. The van der Waals surface area contributed by atoms with Crippen LogP contribution in [0.3, 0.4) is 0 Å². The van der Waals surface area contributed by atoms with E-state index >= 15 is 0 Å². The molecular weight excluding hydrogens is 362 g/mol. The van der Waals surface area contributed by atoms with Gasteiger partial charge in [-0.25, -0.2) is 0 Å². The number of piperazine rings is 1. The number of carbonyl (C=O) groups excluding carboxylic acids is 1. The Morgan fingerprint density at radius 1 is 1.00 bits per heavy atom. The minimum Gasteiger partial charge on any atom is -0.335 e. The van der Waals surface area contributed by atoms with Gasteiger partial charge in [-0.3, -0.25) is 9.69 Å². The summed E-state index contributed by atoms with van der Waals surface area (Å²) in [6.45, 7) is 9.62. The van der Waals surface area contributed by atoms with Crippen molar-refractivity contribution in [3.05, 3.63) is 70.9 Å². The maximum Gasteiger partial charge on any atom is 0.276 e. The Balaban J connectivity index is 1.44. The maximum absolute atomic E-state index is 13.1. The first-order valence-electron chi connectivity index (χ1n) is 10.1. The molecule has 1 saturated heterocycles. The van der Waals surface area contributed by atoms with Gasteiger partial charge < -0.3 is 4.90 Å². The van der Waals surface area contributed by atoms with E-state index in [4.69, 9.17) is 0 Å². The van der Waals surface area contributed by atoms with Crippen LogP contribution in [-0.4, -0.2) is 57.3 Å². The van der Waals surface area contributed by atoms with Crippen LogP contribution in [0.1, 0.15) is 40.1 Å². The molecule has 0 saturated carbocycles. The summed E-state index contributed by atoms with van der Waals surface area (Å²) in [5.41, 5.74) is 5.88. The SMILES string of the molecule is Cc1ccc(C(C)N2CCN(C(=O)c3n[nH]nc3-c3ccccc3)CC2)c(C)c1. The molecule has 1 aliphatic rings. The predicted octanol–water partition coefficient (Wildman–Crippen LogP) is 3.61. The lowest BCUT2D eigenvalue weighted by atomic mass is 9.98. The van der Waals surface area contributed by atoms with Crippen LogP contribution in [0.2, 0.25) is 0 Å². The Hall–Kier alpha value is -2.99. The molecule has 4 rings (SSSR count). The smallest absolute Gasteiger partial charge is 0.276 e. The first-order valence-corrected chi connectivity index (χ1v) is 10.1. The number of aromatic nitrogens is 3. The number of rotatable bonds is 4. The fraction of sp³-hybridized carbons (Fsp3) is 0.348. The summed E-state index contributed by atoms with van der Waals surface area (Å²) in [5, 5.41) is 11.0. The van der Waals surface area contributed by atoms with Gasteiger partial charge in [0.2, 0.25) is 0 Å². The fourth-order valence-corrected chi connectivity index (χ4v) is 4.13. The van der Waals surface area contributed by atoms with Crippen molar-refractivity contribution in [1.29, 1.82) is 0 Å². The van der Waals surface area contributed by atoms with E-state index in [1.54, 1.807) is 0 Å². The molecule has 1 aromatic heterocycles. The molecule has 0 bridgehead atoms. The Bertz CT molecular complexity index is 990. The molecule has 1 aliphatic heterocycles. The molecule has 1 unspecified atom stereocenters. The highest BCUT2D eigenvalue weighted by Gasteiger charge is 2.29. The van der Waals surface area contributed by atoms with Crippen molar-refractivity contribution in [1.82, 2.24) is 25.2 Å². The standard InChI is InChI=1S/C23H27N5O/c1-16-9-10-20(17(2)15-16)18(3)27-11-13-28(14-12-27)23(29)22-21(24-26-25-22)19-7-5-4-6-8-19/h4-10,15,18H,11-14H2,1-3H3,(H,24,25,26). The topological polar surface area (TPSA) is 65.1 Å². The van der Waals surface area contributed by atoms with E-state index in [2.05, 4.69) is 59.3 Å². The zero-order valence-corrected chi connectivity index (χ0v) is 17.2. The van der Waals surface area contributed by atoms with Gasteiger partial charge in [0.1, 0.15) is 5.69 Å². The summed E-state index contributed by atoms with van der Waals surface area (Å²) >= 11 is 0. The van der Waals surface area contributed by atoms with Gasteiger partial charge in [-0.05, 0) is 31.9 Å². The Morgan fingerprint density at radius 2 is 1.72 bits per heavy atom. The second-order valence-corrected chi connectivity index (χ2v) is 7.75. The average molecular weight is 390 g/mol. The van der Waals surface area contributed by atoms with Gasteiger partial charge in [0, 0.05) is 37.8 Å². The predicted molar refractivity (Wildman–Crippen MR) is 114 cm³/mol. The molecule has 2 aromatic carbocycles. The van der Waals surface area contributed by atoms with E-state index in [0.29, 0.717) is 30.5 Å². The van der Waals surface area contributed by atoms with Gasteiger partial charge in [0.05, 0.1) is 0 Å². The first kappa shape index (κ1) is 19.3. The largest absolute Gasteiger partial charge is 0.335 e. The lowest BCUT2D eigenvalue weighted by molar-refractivity contribution is 0.0577. The Kier molecular flexibility index (Phi) is 5.45. The summed E-state index contributed by atoms with van der Waals surface area (Å²) in [4.78, 5) is 17.4. The molecule has 1 amide bonds. The summed E-state index contributed by atoms with van der Waals surface area (Å²) in [6, 6.07) is 16.7. The molecule has 1 atom stereocenters. The monoisotopic (exact) mass is 389 g/mol. The average Bonchev–Trinajstić information content (AvgIpc) is 3.23. The molecule has 150 valence electrons. The molecule has 3 aromatic rings. The van der Waals surface area contributed by atoms with Crippen LogP contribution < -0.4 is 0 Å². The molecule has 6 heteroatoms. The van der Waals surface area contributed by atoms with E-state index in [1.165, 1.54) is 16.7 Å². The molecule has 1 N–H and O–H groups in total. The fourth-order valence-electron chi connectivity index (χ4n) is 4.13. The van der Waals surface area contributed by atoms with Crippen LogP contribution in [0, 0.1) is 13.8 Å². The number of aromatic amines is 1.